The lowest BCUT2D eigenvalue weighted by Gasteiger charge is -2.17. The number of ether oxygens (including phenoxy) is 1. The van der Waals surface area contributed by atoms with Gasteiger partial charge in [0.25, 0.3) is 0 Å². The lowest BCUT2D eigenvalue weighted by Crippen LogP contribution is -2.26. The highest BCUT2D eigenvalue weighted by Crippen LogP contribution is 2.30. The van der Waals surface area contributed by atoms with E-state index < -0.39 is 11.6 Å². The van der Waals surface area contributed by atoms with Crippen LogP contribution in [0.2, 0.25) is 0 Å². The molecule has 0 aliphatic rings. The molecule has 0 aliphatic heterocycles. The summed E-state index contributed by atoms with van der Waals surface area (Å²) >= 11 is 8.52. The van der Waals surface area contributed by atoms with Gasteiger partial charge in [0, 0.05) is 4.83 Å². The van der Waals surface area contributed by atoms with E-state index >= 15 is 0 Å². The van der Waals surface area contributed by atoms with Crippen LogP contribution in [0.3, 0.4) is 0 Å². The molecule has 2 unspecified atom stereocenters. The van der Waals surface area contributed by atoms with E-state index in [9.17, 15) is 13.2 Å². The zero-order valence-corrected chi connectivity index (χ0v) is 12.0. The van der Waals surface area contributed by atoms with E-state index in [1.165, 1.54) is 0 Å². The molecule has 1 aromatic carbocycles. The Morgan fingerprint density at radius 2 is 1.83 bits per heavy atom. The van der Waals surface area contributed by atoms with Crippen LogP contribution in [0.1, 0.15) is 12.0 Å². The van der Waals surface area contributed by atoms with Crippen molar-refractivity contribution < 1.29 is 17.9 Å². The molecule has 0 saturated carbocycles. The molecule has 0 aromatic heterocycles. The summed E-state index contributed by atoms with van der Waals surface area (Å²) in [5, 5.41) is -1.82. The molecular formula is C12H13BrClF3O. The number of halogens is 5. The van der Waals surface area contributed by atoms with Gasteiger partial charge in [-0.3, -0.25) is 0 Å². The smallest absolute Gasteiger partial charge is 0.404 e. The van der Waals surface area contributed by atoms with Crippen molar-refractivity contribution in [2.24, 2.45) is 0 Å². The summed E-state index contributed by atoms with van der Waals surface area (Å²) in [6.45, 7) is 0. The maximum Gasteiger partial charge on any atom is 0.404 e. The van der Waals surface area contributed by atoms with Gasteiger partial charge in [0.15, 0.2) is 0 Å². The number of hydrogen-bond donors (Lipinski definition) is 0. The Labute approximate surface area is 117 Å². The Morgan fingerprint density at radius 3 is 2.28 bits per heavy atom. The van der Waals surface area contributed by atoms with Crippen LogP contribution in [0.5, 0.6) is 5.75 Å². The van der Waals surface area contributed by atoms with E-state index in [1.807, 2.05) is 12.1 Å². The summed E-state index contributed by atoms with van der Waals surface area (Å²) in [5.74, 6) is 0.718. The van der Waals surface area contributed by atoms with Crippen molar-refractivity contribution in [3.63, 3.8) is 0 Å². The lowest BCUT2D eigenvalue weighted by molar-refractivity contribution is -0.131. The molecule has 0 saturated heterocycles. The third-order valence-electron chi connectivity index (χ3n) is 2.43. The fourth-order valence-corrected chi connectivity index (χ4v) is 2.64. The van der Waals surface area contributed by atoms with Gasteiger partial charge >= 0.3 is 6.18 Å². The van der Waals surface area contributed by atoms with Crippen LogP contribution in [0, 0.1) is 0 Å². The first kappa shape index (κ1) is 15.6. The third-order valence-corrected chi connectivity index (χ3v) is 3.56. The SMILES string of the molecule is COc1ccc(CC(Br)CC(Cl)C(F)(F)F)cc1. The summed E-state index contributed by atoms with van der Waals surface area (Å²) in [7, 11) is 1.56. The number of benzene rings is 1. The van der Waals surface area contributed by atoms with Crippen LogP contribution in [0.4, 0.5) is 13.2 Å². The van der Waals surface area contributed by atoms with E-state index in [-0.39, 0.29) is 11.2 Å². The number of hydrogen-bond acceptors (Lipinski definition) is 1. The quantitative estimate of drug-likeness (QED) is 0.711. The Kier molecular flexibility index (Phi) is 5.79. The van der Waals surface area contributed by atoms with E-state index in [4.69, 9.17) is 16.3 Å². The largest absolute Gasteiger partial charge is 0.497 e. The standard InChI is InChI=1S/C12H13BrClF3O/c1-18-10-4-2-8(3-5-10)6-9(13)7-11(14)12(15,16)17/h2-5,9,11H,6-7H2,1H3. The van der Waals surface area contributed by atoms with Gasteiger partial charge < -0.3 is 4.74 Å². The summed E-state index contributed by atoms with van der Waals surface area (Å²) in [5.41, 5.74) is 0.934. The lowest BCUT2D eigenvalue weighted by atomic mass is 10.1. The van der Waals surface area contributed by atoms with Crippen molar-refractivity contribution in [1.82, 2.24) is 0 Å². The number of rotatable bonds is 5. The summed E-state index contributed by atoms with van der Waals surface area (Å²) in [6.07, 6.45) is -4.02. The molecule has 0 heterocycles. The molecule has 1 aromatic rings. The highest BCUT2D eigenvalue weighted by Gasteiger charge is 2.38. The Bertz CT molecular complexity index is 367. The van der Waals surface area contributed by atoms with E-state index in [0.29, 0.717) is 6.42 Å². The predicted molar refractivity (Wildman–Crippen MR) is 69.7 cm³/mol. The molecule has 0 amide bonds. The van der Waals surface area contributed by atoms with Gasteiger partial charge in [-0.2, -0.15) is 13.2 Å². The molecule has 0 aliphatic carbocycles. The van der Waals surface area contributed by atoms with Gasteiger partial charge in [-0.05, 0) is 30.5 Å². The minimum absolute atomic E-state index is 0.156. The molecule has 0 radical (unpaired) electrons. The van der Waals surface area contributed by atoms with Crippen molar-refractivity contribution in [2.75, 3.05) is 7.11 Å². The molecule has 1 rings (SSSR count). The minimum Gasteiger partial charge on any atom is -0.497 e. The van der Waals surface area contributed by atoms with Gasteiger partial charge in [-0.1, -0.05) is 28.1 Å². The topological polar surface area (TPSA) is 9.23 Å². The molecule has 0 fully saturated rings. The predicted octanol–water partition coefficient (Wildman–Crippen LogP) is 4.56. The molecule has 2 atom stereocenters. The van der Waals surface area contributed by atoms with Crippen LogP contribution in [0.15, 0.2) is 24.3 Å². The van der Waals surface area contributed by atoms with Crippen LogP contribution in [-0.2, 0) is 6.42 Å². The Morgan fingerprint density at radius 1 is 1.28 bits per heavy atom. The van der Waals surface area contributed by atoms with Gasteiger partial charge in [0.05, 0.1) is 7.11 Å². The Balaban J connectivity index is 2.51. The fourth-order valence-electron chi connectivity index (χ4n) is 1.46. The second-order valence-electron chi connectivity index (χ2n) is 3.89. The summed E-state index contributed by atoms with van der Waals surface area (Å²) in [4.78, 5) is -0.310. The first-order chi connectivity index (χ1) is 8.32. The second-order valence-corrected chi connectivity index (χ2v) is 5.72. The first-order valence-electron chi connectivity index (χ1n) is 5.30. The molecule has 6 heteroatoms. The highest BCUT2D eigenvalue weighted by molar-refractivity contribution is 9.09. The zero-order valence-electron chi connectivity index (χ0n) is 9.68. The average Bonchev–Trinajstić information content (AvgIpc) is 2.28. The molecule has 0 spiro atoms. The van der Waals surface area contributed by atoms with Crippen molar-refractivity contribution in [3.8, 4) is 5.75 Å². The minimum atomic E-state index is -4.35. The average molecular weight is 346 g/mol. The van der Waals surface area contributed by atoms with E-state index in [2.05, 4.69) is 15.9 Å². The van der Waals surface area contributed by atoms with Crippen molar-refractivity contribution in [3.05, 3.63) is 29.8 Å². The summed E-state index contributed by atoms with van der Waals surface area (Å²) < 4.78 is 41.8. The van der Waals surface area contributed by atoms with E-state index in [0.717, 1.165) is 11.3 Å². The normalized spacial score (nSPS) is 15.2. The molecule has 1 nitrogen and oxygen atoms in total. The van der Waals surface area contributed by atoms with Gasteiger partial charge in [0.2, 0.25) is 0 Å². The zero-order chi connectivity index (χ0) is 13.8. The van der Waals surface area contributed by atoms with Crippen LogP contribution >= 0.6 is 27.5 Å². The Hall–Kier alpha value is -0.420. The number of alkyl halides is 5. The van der Waals surface area contributed by atoms with Crippen LogP contribution in [-0.4, -0.2) is 23.5 Å². The van der Waals surface area contributed by atoms with Crippen molar-refractivity contribution >= 4 is 27.5 Å². The summed E-state index contributed by atoms with van der Waals surface area (Å²) in [6, 6.07) is 7.20. The van der Waals surface area contributed by atoms with Crippen LogP contribution in [0.25, 0.3) is 0 Å². The molecule has 102 valence electrons. The number of methoxy groups -OCH3 is 1. The fraction of sp³-hybridized carbons (Fsp3) is 0.500. The van der Waals surface area contributed by atoms with Crippen molar-refractivity contribution in [1.29, 1.82) is 0 Å². The maximum absolute atomic E-state index is 12.3. The second kappa shape index (κ2) is 6.66. The molecule has 18 heavy (non-hydrogen) atoms. The van der Waals surface area contributed by atoms with Crippen molar-refractivity contribution in [2.45, 2.75) is 29.2 Å². The monoisotopic (exact) mass is 344 g/mol. The molecular weight excluding hydrogens is 332 g/mol. The highest BCUT2D eigenvalue weighted by atomic mass is 79.9. The molecule has 0 bridgehead atoms. The third kappa shape index (κ3) is 5.06. The van der Waals surface area contributed by atoms with E-state index in [1.54, 1.807) is 19.2 Å². The maximum atomic E-state index is 12.3. The molecule has 0 N–H and O–H groups in total. The van der Waals surface area contributed by atoms with Gasteiger partial charge in [-0.25, -0.2) is 0 Å². The van der Waals surface area contributed by atoms with Gasteiger partial charge in [-0.15, -0.1) is 11.6 Å². The first-order valence-corrected chi connectivity index (χ1v) is 6.66. The van der Waals surface area contributed by atoms with Gasteiger partial charge in [0.1, 0.15) is 11.1 Å². The van der Waals surface area contributed by atoms with Crippen LogP contribution < -0.4 is 4.74 Å².